The quantitative estimate of drug-likeness (QED) is 0.774. The molecular formula is C21H24F3N3O. The molecule has 7 heteroatoms. The van der Waals surface area contributed by atoms with Crippen LogP contribution in [0.2, 0.25) is 0 Å². The molecule has 0 aliphatic carbocycles. The predicted octanol–water partition coefficient (Wildman–Crippen LogP) is 3.50. The van der Waals surface area contributed by atoms with Gasteiger partial charge < -0.3 is 9.80 Å². The van der Waals surface area contributed by atoms with Crippen LogP contribution in [0.3, 0.4) is 0 Å². The van der Waals surface area contributed by atoms with Gasteiger partial charge in [0.15, 0.2) is 0 Å². The standard InChI is InChI=1S/C21H24F3N3O/c1-26-9-8-17-15(13-26)12-25-19(17)20(28)27-10-6-14(7-11-27)16-4-2-3-5-18(16)21(22,23)24/h2-5,14H,6-13H2,1H3. The SMILES string of the molecule is CN1CCC2=C(CN=C2C(=O)N2CCC(c3ccccc3C(F)(F)F)CC2)C1. The average molecular weight is 391 g/mol. The lowest BCUT2D eigenvalue weighted by Crippen LogP contribution is -2.42. The molecule has 0 radical (unpaired) electrons. The van der Waals surface area contributed by atoms with E-state index in [9.17, 15) is 18.0 Å². The number of carbonyl (C=O) groups is 1. The Bertz CT molecular complexity index is 836. The van der Waals surface area contributed by atoms with Crippen LogP contribution in [0, 0.1) is 0 Å². The molecule has 4 rings (SSSR count). The molecule has 0 aromatic heterocycles. The van der Waals surface area contributed by atoms with Crippen molar-refractivity contribution in [3.63, 3.8) is 0 Å². The van der Waals surface area contributed by atoms with E-state index in [1.54, 1.807) is 17.0 Å². The number of benzene rings is 1. The molecule has 1 aromatic carbocycles. The Balaban J connectivity index is 1.44. The molecule has 0 spiro atoms. The molecule has 1 aromatic rings. The predicted molar refractivity (Wildman–Crippen MR) is 101 cm³/mol. The van der Waals surface area contributed by atoms with Crippen molar-refractivity contribution < 1.29 is 18.0 Å². The van der Waals surface area contributed by atoms with E-state index in [0.717, 1.165) is 31.1 Å². The Morgan fingerprint density at radius 3 is 2.57 bits per heavy atom. The van der Waals surface area contributed by atoms with Gasteiger partial charge in [0, 0.05) is 26.2 Å². The molecule has 1 saturated heterocycles. The van der Waals surface area contributed by atoms with Gasteiger partial charge in [-0.1, -0.05) is 18.2 Å². The first-order valence-corrected chi connectivity index (χ1v) is 9.74. The molecule has 3 aliphatic heterocycles. The lowest BCUT2D eigenvalue weighted by molar-refractivity contribution is -0.138. The topological polar surface area (TPSA) is 35.9 Å². The number of halogens is 3. The highest BCUT2D eigenvalue weighted by molar-refractivity contribution is 6.46. The lowest BCUT2D eigenvalue weighted by Gasteiger charge is -2.34. The number of hydrogen-bond donors (Lipinski definition) is 0. The molecule has 28 heavy (non-hydrogen) atoms. The van der Waals surface area contributed by atoms with Gasteiger partial charge in [0.25, 0.3) is 5.91 Å². The first kappa shape index (κ1) is 19.2. The molecule has 0 bridgehead atoms. The number of amides is 1. The number of aliphatic imine (C=N–C) groups is 1. The Morgan fingerprint density at radius 1 is 1.14 bits per heavy atom. The summed E-state index contributed by atoms with van der Waals surface area (Å²) >= 11 is 0. The van der Waals surface area contributed by atoms with Gasteiger partial charge in [-0.05, 0) is 55.0 Å². The van der Waals surface area contributed by atoms with Crippen LogP contribution in [0.1, 0.15) is 36.3 Å². The van der Waals surface area contributed by atoms with Crippen LogP contribution >= 0.6 is 0 Å². The molecule has 0 N–H and O–H groups in total. The Morgan fingerprint density at radius 2 is 1.86 bits per heavy atom. The maximum Gasteiger partial charge on any atom is 0.416 e. The zero-order valence-electron chi connectivity index (χ0n) is 15.9. The highest BCUT2D eigenvalue weighted by Gasteiger charge is 2.37. The van der Waals surface area contributed by atoms with E-state index in [1.165, 1.54) is 11.6 Å². The molecular weight excluding hydrogens is 367 g/mol. The number of rotatable bonds is 2. The van der Waals surface area contributed by atoms with Crippen molar-refractivity contribution in [2.75, 3.05) is 39.8 Å². The molecule has 0 saturated carbocycles. The summed E-state index contributed by atoms with van der Waals surface area (Å²) in [5.41, 5.74) is 2.69. The molecule has 0 unspecified atom stereocenters. The average Bonchev–Trinajstić information content (AvgIpc) is 3.10. The summed E-state index contributed by atoms with van der Waals surface area (Å²) in [6.07, 6.45) is -2.42. The van der Waals surface area contributed by atoms with Gasteiger partial charge in [-0.3, -0.25) is 9.79 Å². The maximum absolute atomic E-state index is 13.3. The number of likely N-dealkylation sites (tertiary alicyclic amines) is 1. The molecule has 3 heterocycles. The molecule has 150 valence electrons. The highest BCUT2D eigenvalue weighted by atomic mass is 19.4. The molecule has 1 amide bonds. The first-order chi connectivity index (χ1) is 13.3. The van der Waals surface area contributed by atoms with Crippen LogP contribution in [0.5, 0.6) is 0 Å². The Labute approximate surface area is 162 Å². The van der Waals surface area contributed by atoms with E-state index in [4.69, 9.17) is 0 Å². The van der Waals surface area contributed by atoms with Gasteiger partial charge in [0.05, 0.1) is 12.1 Å². The summed E-state index contributed by atoms with van der Waals surface area (Å²) in [5, 5.41) is 0. The number of piperidine rings is 1. The minimum atomic E-state index is -4.35. The van der Waals surface area contributed by atoms with Crippen LogP contribution in [0.4, 0.5) is 13.2 Å². The number of hydrogen-bond acceptors (Lipinski definition) is 3. The fraction of sp³-hybridized carbons (Fsp3) is 0.524. The van der Waals surface area contributed by atoms with Crippen molar-refractivity contribution in [1.82, 2.24) is 9.80 Å². The van der Waals surface area contributed by atoms with Gasteiger partial charge in [0.1, 0.15) is 5.71 Å². The van der Waals surface area contributed by atoms with Crippen molar-refractivity contribution in [2.45, 2.75) is 31.4 Å². The second-order valence-electron chi connectivity index (χ2n) is 7.89. The van der Waals surface area contributed by atoms with Crippen molar-refractivity contribution in [2.24, 2.45) is 4.99 Å². The van der Waals surface area contributed by atoms with E-state index in [2.05, 4.69) is 16.9 Å². The van der Waals surface area contributed by atoms with Crippen LogP contribution in [-0.2, 0) is 11.0 Å². The highest BCUT2D eigenvalue weighted by Crippen LogP contribution is 2.38. The third kappa shape index (κ3) is 3.60. The van der Waals surface area contributed by atoms with Gasteiger partial charge >= 0.3 is 6.18 Å². The van der Waals surface area contributed by atoms with Gasteiger partial charge in [-0.15, -0.1) is 0 Å². The van der Waals surface area contributed by atoms with Crippen molar-refractivity contribution in [3.05, 3.63) is 46.5 Å². The van der Waals surface area contributed by atoms with Gasteiger partial charge in [-0.2, -0.15) is 13.2 Å². The fourth-order valence-corrected chi connectivity index (χ4v) is 4.53. The number of carbonyl (C=O) groups excluding carboxylic acids is 1. The summed E-state index contributed by atoms with van der Waals surface area (Å²) in [6.45, 7) is 3.30. The van der Waals surface area contributed by atoms with Gasteiger partial charge in [0.2, 0.25) is 0 Å². The minimum absolute atomic E-state index is 0.0582. The summed E-state index contributed by atoms with van der Waals surface area (Å²) in [6, 6.07) is 5.80. The van der Waals surface area contributed by atoms with Crippen LogP contribution in [-0.4, -0.2) is 61.2 Å². The molecule has 3 aliphatic rings. The fourth-order valence-electron chi connectivity index (χ4n) is 4.53. The summed E-state index contributed by atoms with van der Waals surface area (Å²) in [4.78, 5) is 21.5. The smallest absolute Gasteiger partial charge is 0.337 e. The number of nitrogens with zero attached hydrogens (tertiary/aromatic N) is 3. The zero-order chi connectivity index (χ0) is 19.9. The van der Waals surface area contributed by atoms with E-state index >= 15 is 0 Å². The normalized spacial score (nSPS) is 21.7. The minimum Gasteiger partial charge on any atom is -0.337 e. The molecule has 4 nitrogen and oxygen atoms in total. The zero-order valence-corrected chi connectivity index (χ0v) is 15.9. The Hall–Kier alpha value is -2.15. The van der Waals surface area contributed by atoms with E-state index in [1.807, 2.05) is 0 Å². The van der Waals surface area contributed by atoms with Crippen molar-refractivity contribution in [1.29, 1.82) is 0 Å². The summed E-state index contributed by atoms with van der Waals surface area (Å²) in [7, 11) is 2.06. The Kier molecular flexibility index (Phi) is 5.04. The van der Waals surface area contributed by atoms with Crippen LogP contribution in [0.15, 0.2) is 40.4 Å². The van der Waals surface area contributed by atoms with Gasteiger partial charge in [-0.25, -0.2) is 0 Å². The first-order valence-electron chi connectivity index (χ1n) is 9.74. The third-order valence-corrected chi connectivity index (χ3v) is 6.04. The van der Waals surface area contributed by atoms with Crippen molar-refractivity contribution >= 4 is 11.6 Å². The second-order valence-corrected chi connectivity index (χ2v) is 7.89. The van der Waals surface area contributed by atoms with Crippen molar-refractivity contribution in [3.8, 4) is 0 Å². The maximum atomic E-state index is 13.3. The molecule has 0 atom stereocenters. The number of likely N-dealkylation sites (N-methyl/N-ethyl adjacent to an activating group) is 1. The molecule has 1 fully saturated rings. The number of alkyl halides is 3. The monoisotopic (exact) mass is 391 g/mol. The largest absolute Gasteiger partial charge is 0.416 e. The third-order valence-electron chi connectivity index (χ3n) is 6.04. The van der Waals surface area contributed by atoms with Crippen LogP contribution < -0.4 is 0 Å². The van der Waals surface area contributed by atoms with E-state index in [0.29, 0.717) is 43.8 Å². The second kappa shape index (κ2) is 7.35. The van der Waals surface area contributed by atoms with Crippen LogP contribution in [0.25, 0.3) is 0 Å². The van der Waals surface area contributed by atoms with E-state index < -0.39 is 11.7 Å². The van der Waals surface area contributed by atoms with E-state index in [-0.39, 0.29) is 11.8 Å². The summed E-state index contributed by atoms with van der Waals surface area (Å²) < 4.78 is 39.9. The summed E-state index contributed by atoms with van der Waals surface area (Å²) in [5.74, 6) is -0.234. The lowest BCUT2D eigenvalue weighted by atomic mass is 9.86.